The minimum absolute atomic E-state index is 0.209. The quantitative estimate of drug-likeness (QED) is 0.413. The summed E-state index contributed by atoms with van der Waals surface area (Å²) in [5.41, 5.74) is 4.47. The Morgan fingerprint density at radius 3 is 2.65 bits per heavy atom. The second kappa shape index (κ2) is 11.4. The molecule has 1 aliphatic carbocycles. The van der Waals surface area contributed by atoms with E-state index in [9.17, 15) is 5.11 Å². The van der Waals surface area contributed by atoms with Crippen molar-refractivity contribution in [1.29, 1.82) is 0 Å². The Balaban J connectivity index is 2.46. The van der Waals surface area contributed by atoms with Gasteiger partial charge in [-0.1, -0.05) is 49.8 Å². The number of allylic oxidation sites excluding steroid dienone is 8. The van der Waals surface area contributed by atoms with Crippen molar-refractivity contribution in [3.8, 4) is 0 Å². The van der Waals surface area contributed by atoms with Crippen LogP contribution in [0, 0.1) is 5.92 Å². The van der Waals surface area contributed by atoms with Gasteiger partial charge in [0.25, 0.3) is 0 Å². The van der Waals surface area contributed by atoms with Crippen LogP contribution in [0.15, 0.2) is 47.1 Å². The van der Waals surface area contributed by atoms with Crippen LogP contribution in [0.2, 0.25) is 0 Å². The smallest absolute Gasteiger partial charge is 0.157 e. The third kappa shape index (κ3) is 7.32. The molecule has 0 aliphatic heterocycles. The Labute approximate surface area is 142 Å². The lowest BCUT2D eigenvalue weighted by molar-refractivity contribution is -0.127. The minimum atomic E-state index is -0.615. The van der Waals surface area contributed by atoms with Crippen LogP contribution < -0.4 is 0 Å². The Kier molecular flexibility index (Phi) is 9.89. The van der Waals surface area contributed by atoms with Crippen molar-refractivity contribution in [2.75, 3.05) is 6.61 Å². The first kappa shape index (κ1) is 19.9. The summed E-state index contributed by atoms with van der Waals surface area (Å²) in [6, 6.07) is 0. The molecule has 0 aromatic heterocycles. The molecule has 0 heterocycles. The van der Waals surface area contributed by atoms with Crippen molar-refractivity contribution in [1.82, 2.24) is 0 Å². The molecule has 1 rings (SSSR count). The van der Waals surface area contributed by atoms with E-state index in [0.29, 0.717) is 6.61 Å². The van der Waals surface area contributed by atoms with Gasteiger partial charge in [-0.3, -0.25) is 0 Å². The van der Waals surface area contributed by atoms with Crippen LogP contribution in [0.4, 0.5) is 0 Å². The molecule has 0 aromatic carbocycles. The van der Waals surface area contributed by atoms with E-state index in [4.69, 9.17) is 4.74 Å². The highest BCUT2D eigenvalue weighted by molar-refractivity contribution is 5.39. The predicted molar refractivity (Wildman–Crippen MR) is 99.2 cm³/mol. The van der Waals surface area contributed by atoms with E-state index >= 15 is 0 Å². The SMILES string of the molecule is C/C=C\C=C(/CC)C1=CC=C(CCCC(C)C(O)OCC)CC1. The van der Waals surface area contributed by atoms with E-state index in [-0.39, 0.29) is 5.92 Å². The lowest BCUT2D eigenvalue weighted by atomic mass is 9.89. The molecule has 0 saturated carbocycles. The molecule has 0 aromatic rings. The Morgan fingerprint density at radius 1 is 1.30 bits per heavy atom. The summed E-state index contributed by atoms with van der Waals surface area (Å²) < 4.78 is 5.25. The zero-order valence-electron chi connectivity index (χ0n) is 15.3. The second-order valence-corrected chi connectivity index (χ2v) is 6.30. The lowest BCUT2D eigenvalue weighted by Crippen LogP contribution is -2.21. The topological polar surface area (TPSA) is 29.5 Å². The zero-order valence-corrected chi connectivity index (χ0v) is 15.3. The molecule has 2 nitrogen and oxygen atoms in total. The Hall–Kier alpha value is -1.12. The molecule has 0 radical (unpaired) electrons. The van der Waals surface area contributed by atoms with Crippen molar-refractivity contribution >= 4 is 0 Å². The largest absolute Gasteiger partial charge is 0.368 e. The van der Waals surface area contributed by atoms with Gasteiger partial charge in [-0.2, -0.15) is 0 Å². The highest BCUT2D eigenvalue weighted by Gasteiger charge is 2.14. The van der Waals surface area contributed by atoms with Crippen LogP contribution in [0.5, 0.6) is 0 Å². The summed E-state index contributed by atoms with van der Waals surface area (Å²) in [5, 5.41) is 9.79. The average Bonchev–Trinajstić information content (AvgIpc) is 2.57. The molecule has 1 N–H and O–H groups in total. The van der Waals surface area contributed by atoms with Gasteiger partial charge in [-0.15, -0.1) is 0 Å². The molecular weight excluding hydrogens is 284 g/mol. The molecule has 0 amide bonds. The normalized spacial score (nSPS) is 18.7. The predicted octanol–water partition coefficient (Wildman–Crippen LogP) is 5.71. The first-order valence-electron chi connectivity index (χ1n) is 9.12. The summed E-state index contributed by atoms with van der Waals surface area (Å²) in [7, 11) is 0. The number of hydrogen-bond acceptors (Lipinski definition) is 2. The summed E-state index contributed by atoms with van der Waals surface area (Å²) in [5.74, 6) is 0.209. The highest BCUT2D eigenvalue weighted by Crippen LogP contribution is 2.28. The van der Waals surface area contributed by atoms with Gasteiger partial charge >= 0.3 is 0 Å². The molecule has 2 unspecified atom stereocenters. The van der Waals surface area contributed by atoms with Crippen molar-refractivity contribution < 1.29 is 9.84 Å². The van der Waals surface area contributed by atoms with E-state index in [2.05, 4.69) is 51.2 Å². The number of hydrogen-bond donors (Lipinski definition) is 1. The summed E-state index contributed by atoms with van der Waals surface area (Å²) in [6.07, 6.45) is 17.1. The molecule has 0 fully saturated rings. The lowest BCUT2D eigenvalue weighted by Gasteiger charge is -2.20. The maximum atomic E-state index is 9.79. The minimum Gasteiger partial charge on any atom is -0.368 e. The summed E-state index contributed by atoms with van der Waals surface area (Å²) in [4.78, 5) is 0. The first-order valence-corrected chi connectivity index (χ1v) is 9.12. The van der Waals surface area contributed by atoms with Gasteiger partial charge in [0.2, 0.25) is 0 Å². The maximum Gasteiger partial charge on any atom is 0.157 e. The van der Waals surface area contributed by atoms with Crippen molar-refractivity contribution in [2.45, 2.75) is 72.5 Å². The highest BCUT2D eigenvalue weighted by atomic mass is 16.6. The van der Waals surface area contributed by atoms with Crippen LogP contribution in [-0.2, 0) is 4.74 Å². The molecule has 23 heavy (non-hydrogen) atoms. The fraction of sp³-hybridized carbons (Fsp3) is 0.619. The van der Waals surface area contributed by atoms with E-state index in [1.165, 1.54) is 23.1 Å². The third-order valence-electron chi connectivity index (χ3n) is 4.50. The van der Waals surface area contributed by atoms with Crippen LogP contribution in [0.1, 0.15) is 66.2 Å². The number of ether oxygens (including phenoxy) is 1. The molecule has 130 valence electrons. The molecule has 0 spiro atoms. The molecule has 2 atom stereocenters. The van der Waals surface area contributed by atoms with Gasteiger partial charge in [-0.25, -0.2) is 0 Å². The van der Waals surface area contributed by atoms with Gasteiger partial charge in [0.1, 0.15) is 0 Å². The van der Waals surface area contributed by atoms with Crippen LogP contribution in [0.25, 0.3) is 0 Å². The van der Waals surface area contributed by atoms with Crippen molar-refractivity contribution in [2.24, 2.45) is 5.92 Å². The average molecular weight is 319 g/mol. The Bertz CT molecular complexity index is 454. The summed E-state index contributed by atoms with van der Waals surface area (Å²) in [6.45, 7) is 8.83. The van der Waals surface area contributed by atoms with Gasteiger partial charge < -0.3 is 9.84 Å². The van der Waals surface area contributed by atoms with E-state index in [0.717, 1.165) is 32.1 Å². The van der Waals surface area contributed by atoms with Gasteiger partial charge in [0.05, 0.1) is 0 Å². The van der Waals surface area contributed by atoms with Gasteiger partial charge in [0.15, 0.2) is 6.29 Å². The standard InChI is InChI=1S/C21H34O2/c1-5-8-12-19(6-2)20-15-13-18(14-16-20)11-9-10-17(4)21(22)23-7-3/h5,8,12-13,15,17,21-22H,6-7,9-11,14,16H2,1-4H3/b8-5-,19-12+. The van der Waals surface area contributed by atoms with Crippen LogP contribution in [0.3, 0.4) is 0 Å². The Morgan fingerprint density at radius 2 is 2.09 bits per heavy atom. The van der Waals surface area contributed by atoms with Crippen molar-refractivity contribution in [3.63, 3.8) is 0 Å². The fourth-order valence-corrected chi connectivity index (χ4v) is 2.95. The van der Waals surface area contributed by atoms with Crippen LogP contribution >= 0.6 is 0 Å². The molecule has 1 aliphatic rings. The number of aliphatic hydroxyl groups is 1. The molecule has 0 bridgehead atoms. The second-order valence-electron chi connectivity index (χ2n) is 6.30. The molecule has 0 saturated heterocycles. The number of aliphatic hydroxyl groups excluding tert-OH is 1. The number of rotatable bonds is 10. The van der Waals surface area contributed by atoms with Crippen LogP contribution in [-0.4, -0.2) is 18.0 Å². The zero-order chi connectivity index (χ0) is 17.1. The van der Waals surface area contributed by atoms with E-state index < -0.39 is 6.29 Å². The van der Waals surface area contributed by atoms with E-state index in [1.54, 1.807) is 0 Å². The monoisotopic (exact) mass is 318 g/mol. The first-order chi connectivity index (χ1) is 11.1. The van der Waals surface area contributed by atoms with Gasteiger partial charge in [-0.05, 0) is 63.5 Å². The third-order valence-corrected chi connectivity index (χ3v) is 4.50. The van der Waals surface area contributed by atoms with Crippen molar-refractivity contribution in [3.05, 3.63) is 47.1 Å². The summed E-state index contributed by atoms with van der Waals surface area (Å²) >= 11 is 0. The molecule has 2 heteroatoms. The maximum absolute atomic E-state index is 9.79. The fourth-order valence-electron chi connectivity index (χ4n) is 2.95. The molecular formula is C21H34O2. The van der Waals surface area contributed by atoms with Gasteiger partial charge in [0, 0.05) is 12.5 Å². The van der Waals surface area contributed by atoms with E-state index in [1.807, 2.05) is 6.92 Å².